The molecule has 2 rings (SSSR count). The maximum absolute atomic E-state index is 11.9. The van der Waals surface area contributed by atoms with Crippen LogP contribution in [0.2, 0.25) is 0 Å². The number of hydrogen-bond acceptors (Lipinski definition) is 3. The Morgan fingerprint density at radius 2 is 1.84 bits per heavy atom. The predicted molar refractivity (Wildman–Crippen MR) is 77.6 cm³/mol. The van der Waals surface area contributed by atoms with Gasteiger partial charge in [0.2, 0.25) is 0 Å². The summed E-state index contributed by atoms with van der Waals surface area (Å²) in [5, 5.41) is 7.26. The van der Waals surface area contributed by atoms with Crippen molar-refractivity contribution >= 4 is 5.69 Å². The summed E-state index contributed by atoms with van der Waals surface area (Å²) in [6, 6.07) is 9.86. The molecule has 0 amide bonds. The summed E-state index contributed by atoms with van der Waals surface area (Å²) in [5.74, 6) is 0. The second-order valence-electron chi connectivity index (χ2n) is 4.44. The first-order valence-electron chi connectivity index (χ1n) is 6.61. The maximum atomic E-state index is 11.9. The monoisotopic (exact) mass is 257 g/mol. The lowest BCUT2D eigenvalue weighted by Crippen LogP contribution is -2.23. The minimum absolute atomic E-state index is 0.0852. The van der Waals surface area contributed by atoms with E-state index in [4.69, 9.17) is 0 Å². The standard InChI is InChI=1S/C15H19N3O/c1-3-12-5-7-13(8-6-12)11-18-15(19)9-14(10-17-18)16-4-2/h5-10,16H,3-4,11H2,1-2H3. The molecule has 0 spiro atoms. The normalized spacial score (nSPS) is 10.4. The third kappa shape index (κ3) is 3.44. The van der Waals surface area contributed by atoms with Gasteiger partial charge in [-0.2, -0.15) is 5.10 Å². The summed E-state index contributed by atoms with van der Waals surface area (Å²) >= 11 is 0. The van der Waals surface area contributed by atoms with Crippen molar-refractivity contribution in [1.82, 2.24) is 9.78 Å². The van der Waals surface area contributed by atoms with Gasteiger partial charge in [-0.3, -0.25) is 4.79 Å². The lowest BCUT2D eigenvalue weighted by molar-refractivity contribution is 0.639. The Balaban J connectivity index is 2.16. The fraction of sp³-hybridized carbons (Fsp3) is 0.333. The number of aromatic nitrogens is 2. The maximum Gasteiger partial charge on any atom is 0.269 e. The van der Waals surface area contributed by atoms with E-state index in [2.05, 4.69) is 29.5 Å². The summed E-state index contributed by atoms with van der Waals surface area (Å²) in [4.78, 5) is 11.9. The molecule has 0 aliphatic carbocycles. The first-order valence-corrected chi connectivity index (χ1v) is 6.61. The second kappa shape index (κ2) is 6.18. The van der Waals surface area contributed by atoms with Gasteiger partial charge in [0.1, 0.15) is 0 Å². The molecule has 0 aliphatic heterocycles. The summed E-state index contributed by atoms with van der Waals surface area (Å²) in [5.41, 5.74) is 3.07. The third-order valence-corrected chi connectivity index (χ3v) is 3.01. The molecular weight excluding hydrogens is 238 g/mol. The molecule has 0 radical (unpaired) electrons. The van der Waals surface area contributed by atoms with Crippen LogP contribution in [0.4, 0.5) is 5.69 Å². The Hall–Kier alpha value is -2.10. The zero-order chi connectivity index (χ0) is 13.7. The molecule has 0 unspecified atom stereocenters. The van der Waals surface area contributed by atoms with E-state index in [9.17, 15) is 4.79 Å². The first kappa shape index (κ1) is 13.3. The van der Waals surface area contributed by atoms with Crippen molar-refractivity contribution in [2.75, 3.05) is 11.9 Å². The molecule has 0 saturated heterocycles. The van der Waals surface area contributed by atoms with Gasteiger partial charge >= 0.3 is 0 Å². The highest BCUT2D eigenvalue weighted by molar-refractivity contribution is 5.38. The topological polar surface area (TPSA) is 46.9 Å². The highest BCUT2D eigenvalue weighted by atomic mass is 16.1. The van der Waals surface area contributed by atoms with Crippen molar-refractivity contribution in [3.8, 4) is 0 Å². The molecule has 0 saturated carbocycles. The van der Waals surface area contributed by atoms with Crippen molar-refractivity contribution in [3.05, 3.63) is 58.0 Å². The van der Waals surface area contributed by atoms with Gasteiger partial charge in [-0.1, -0.05) is 31.2 Å². The fourth-order valence-corrected chi connectivity index (χ4v) is 1.91. The quantitative estimate of drug-likeness (QED) is 0.894. The first-order chi connectivity index (χ1) is 9.22. The van der Waals surface area contributed by atoms with E-state index in [1.165, 1.54) is 10.2 Å². The zero-order valence-corrected chi connectivity index (χ0v) is 11.4. The van der Waals surface area contributed by atoms with Gasteiger partial charge in [0.15, 0.2) is 0 Å². The Kier molecular flexibility index (Phi) is 4.34. The van der Waals surface area contributed by atoms with Crippen LogP contribution in [0, 0.1) is 0 Å². The molecule has 2 aromatic rings. The molecule has 0 fully saturated rings. The van der Waals surface area contributed by atoms with Crippen molar-refractivity contribution < 1.29 is 0 Å². The molecule has 100 valence electrons. The van der Waals surface area contributed by atoms with Crippen LogP contribution < -0.4 is 10.9 Å². The van der Waals surface area contributed by atoms with E-state index < -0.39 is 0 Å². The Morgan fingerprint density at radius 3 is 2.42 bits per heavy atom. The van der Waals surface area contributed by atoms with Crippen molar-refractivity contribution in [2.45, 2.75) is 26.8 Å². The fourth-order valence-electron chi connectivity index (χ4n) is 1.91. The van der Waals surface area contributed by atoms with Crippen LogP contribution in [0.25, 0.3) is 0 Å². The average molecular weight is 257 g/mol. The summed E-state index contributed by atoms with van der Waals surface area (Å²) in [6.07, 6.45) is 2.71. The van der Waals surface area contributed by atoms with E-state index in [1.54, 1.807) is 12.3 Å². The average Bonchev–Trinajstić information content (AvgIpc) is 2.43. The Bertz CT molecular complexity index is 587. The molecule has 1 heterocycles. The van der Waals surface area contributed by atoms with Gasteiger partial charge in [0, 0.05) is 12.6 Å². The van der Waals surface area contributed by atoms with Crippen LogP contribution >= 0.6 is 0 Å². The minimum atomic E-state index is -0.0852. The number of benzene rings is 1. The van der Waals surface area contributed by atoms with E-state index in [1.807, 2.05) is 19.1 Å². The Morgan fingerprint density at radius 1 is 1.16 bits per heavy atom. The van der Waals surface area contributed by atoms with Gasteiger partial charge in [-0.05, 0) is 24.5 Å². The van der Waals surface area contributed by atoms with Gasteiger partial charge in [-0.25, -0.2) is 4.68 Å². The van der Waals surface area contributed by atoms with Crippen LogP contribution in [0.5, 0.6) is 0 Å². The van der Waals surface area contributed by atoms with Crippen molar-refractivity contribution in [3.63, 3.8) is 0 Å². The highest BCUT2D eigenvalue weighted by Crippen LogP contribution is 2.06. The summed E-state index contributed by atoms with van der Waals surface area (Å²) in [7, 11) is 0. The number of anilines is 1. The van der Waals surface area contributed by atoms with Gasteiger partial charge < -0.3 is 5.32 Å². The van der Waals surface area contributed by atoms with Gasteiger partial charge in [0.25, 0.3) is 5.56 Å². The molecule has 0 bridgehead atoms. The number of hydrogen-bond donors (Lipinski definition) is 1. The molecule has 4 heteroatoms. The van der Waals surface area contributed by atoms with Gasteiger partial charge in [0.05, 0.1) is 18.4 Å². The molecule has 1 N–H and O–H groups in total. The summed E-state index contributed by atoms with van der Waals surface area (Å²) in [6.45, 7) is 5.40. The van der Waals surface area contributed by atoms with Crippen LogP contribution in [0.15, 0.2) is 41.3 Å². The predicted octanol–water partition coefficient (Wildman–Crippen LogP) is 2.29. The van der Waals surface area contributed by atoms with Crippen LogP contribution in [-0.4, -0.2) is 16.3 Å². The van der Waals surface area contributed by atoms with Crippen LogP contribution in [-0.2, 0) is 13.0 Å². The van der Waals surface area contributed by atoms with E-state index in [0.29, 0.717) is 6.54 Å². The van der Waals surface area contributed by atoms with Crippen molar-refractivity contribution in [1.29, 1.82) is 0 Å². The van der Waals surface area contributed by atoms with E-state index >= 15 is 0 Å². The molecule has 19 heavy (non-hydrogen) atoms. The summed E-state index contributed by atoms with van der Waals surface area (Å²) < 4.78 is 1.47. The van der Waals surface area contributed by atoms with Crippen LogP contribution in [0.3, 0.4) is 0 Å². The zero-order valence-electron chi connectivity index (χ0n) is 11.4. The highest BCUT2D eigenvalue weighted by Gasteiger charge is 2.01. The molecule has 4 nitrogen and oxygen atoms in total. The van der Waals surface area contributed by atoms with E-state index in [0.717, 1.165) is 24.2 Å². The smallest absolute Gasteiger partial charge is 0.269 e. The largest absolute Gasteiger partial charge is 0.384 e. The third-order valence-electron chi connectivity index (χ3n) is 3.01. The SMILES string of the molecule is CCNc1cnn(Cc2ccc(CC)cc2)c(=O)c1. The minimum Gasteiger partial charge on any atom is -0.384 e. The number of rotatable bonds is 5. The molecule has 0 aliphatic rings. The number of aryl methyl sites for hydroxylation is 1. The van der Waals surface area contributed by atoms with E-state index in [-0.39, 0.29) is 5.56 Å². The van der Waals surface area contributed by atoms with Gasteiger partial charge in [-0.15, -0.1) is 0 Å². The lowest BCUT2D eigenvalue weighted by atomic mass is 10.1. The lowest BCUT2D eigenvalue weighted by Gasteiger charge is -2.07. The number of nitrogens with one attached hydrogen (secondary N) is 1. The molecule has 1 aromatic carbocycles. The Labute approximate surface area is 113 Å². The molecular formula is C15H19N3O. The van der Waals surface area contributed by atoms with Crippen molar-refractivity contribution in [2.24, 2.45) is 0 Å². The number of nitrogens with zero attached hydrogens (tertiary/aromatic N) is 2. The molecule has 1 aromatic heterocycles. The second-order valence-corrected chi connectivity index (χ2v) is 4.44. The van der Waals surface area contributed by atoms with Crippen LogP contribution in [0.1, 0.15) is 25.0 Å². The molecule has 0 atom stereocenters.